The van der Waals surface area contributed by atoms with Gasteiger partial charge in [0.2, 0.25) is 0 Å². The molecule has 0 fully saturated rings. The van der Waals surface area contributed by atoms with E-state index in [0.29, 0.717) is 13.1 Å². The Morgan fingerprint density at radius 3 is 2.70 bits per heavy atom. The SMILES string of the molecule is CCCCOc1cccc(CN=C(NCC)NCc2c(C)nn(C)c2C)c1. The van der Waals surface area contributed by atoms with Crippen LogP contribution in [0.4, 0.5) is 0 Å². The lowest BCUT2D eigenvalue weighted by Gasteiger charge is -2.12. The number of aryl methyl sites for hydroxylation is 2. The maximum absolute atomic E-state index is 5.79. The third-order valence-electron chi connectivity index (χ3n) is 4.52. The lowest BCUT2D eigenvalue weighted by atomic mass is 10.2. The first-order valence-corrected chi connectivity index (χ1v) is 9.78. The minimum absolute atomic E-state index is 0.602. The van der Waals surface area contributed by atoms with Gasteiger partial charge in [-0.05, 0) is 44.9 Å². The minimum atomic E-state index is 0.602. The topological polar surface area (TPSA) is 63.5 Å². The lowest BCUT2D eigenvalue weighted by molar-refractivity contribution is 0.309. The summed E-state index contributed by atoms with van der Waals surface area (Å²) in [6.45, 7) is 11.2. The molecule has 0 aliphatic heterocycles. The molecule has 0 saturated heterocycles. The fourth-order valence-electron chi connectivity index (χ4n) is 2.83. The van der Waals surface area contributed by atoms with Crippen LogP contribution < -0.4 is 15.4 Å². The molecule has 0 bridgehead atoms. The fraction of sp³-hybridized carbons (Fsp3) is 0.524. The molecule has 0 saturated carbocycles. The molecule has 0 aliphatic carbocycles. The van der Waals surface area contributed by atoms with E-state index < -0.39 is 0 Å². The van der Waals surface area contributed by atoms with Gasteiger partial charge >= 0.3 is 0 Å². The van der Waals surface area contributed by atoms with Crippen LogP contribution in [0.1, 0.15) is 49.2 Å². The van der Waals surface area contributed by atoms with Gasteiger partial charge in [-0.25, -0.2) is 4.99 Å². The van der Waals surface area contributed by atoms with Crippen molar-refractivity contribution in [2.45, 2.75) is 53.6 Å². The Morgan fingerprint density at radius 2 is 2.04 bits per heavy atom. The normalized spacial score (nSPS) is 11.5. The Morgan fingerprint density at radius 1 is 1.22 bits per heavy atom. The number of aromatic nitrogens is 2. The molecule has 0 unspecified atom stereocenters. The average Bonchev–Trinajstić information content (AvgIpc) is 2.90. The van der Waals surface area contributed by atoms with Gasteiger partial charge in [-0.15, -0.1) is 0 Å². The van der Waals surface area contributed by atoms with Crippen LogP contribution >= 0.6 is 0 Å². The van der Waals surface area contributed by atoms with E-state index in [-0.39, 0.29) is 0 Å². The predicted molar refractivity (Wildman–Crippen MR) is 111 cm³/mol. The van der Waals surface area contributed by atoms with Crippen LogP contribution in [-0.4, -0.2) is 28.9 Å². The van der Waals surface area contributed by atoms with Crippen molar-refractivity contribution in [2.75, 3.05) is 13.2 Å². The van der Waals surface area contributed by atoms with Crippen molar-refractivity contribution in [1.82, 2.24) is 20.4 Å². The third kappa shape index (κ3) is 6.31. The second-order valence-corrected chi connectivity index (χ2v) is 6.67. The zero-order chi connectivity index (χ0) is 19.6. The maximum atomic E-state index is 5.79. The van der Waals surface area contributed by atoms with Crippen LogP contribution in [0.15, 0.2) is 29.3 Å². The molecule has 2 aromatic rings. The van der Waals surface area contributed by atoms with Crippen molar-refractivity contribution >= 4 is 5.96 Å². The highest BCUT2D eigenvalue weighted by atomic mass is 16.5. The van der Waals surface area contributed by atoms with E-state index in [4.69, 9.17) is 9.73 Å². The molecule has 1 aromatic carbocycles. The molecule has 27 heavy (non-hydrogen) atoms. The summed E-state index contributed by atoms with van der Waals surface area (Å²) in [5.74, 6) is 1.72. The van der Waals surface area contributed by atoms with Gasteiger partial charge in [0.05, 0.1) is 18.8 Å². The Hall–Kier alpha value is -2.50. The van der Waals surface area contributed by atoms with Gasteiger partial charge in [0.25, 0.3) is 0 Å². The third-order valence-corrected chi connectivity index (χ3v) is 4.52. The Kier molecular flexibility index (Phi) is 8.17. The monoisotopic (exact) mass is 371 g/mol. The number of aliphatic imine (C=N–C) groups is 1. The summed E-state index contributed by atoms with van der Waals surface area (Å²) in [6, 6.07) is 8.17. The largest absolute Gasteiger partial charge is 0.494 e. The lowest BCUT2D eigenvalue weighted by Crippen LogP contribution is -2.37. The van der Waals surface area contributed by atoms with Gasteiger partial charge < -0.3 is 15.4 Å². The van der Waals surface area contributed by atoms with Crippen molar-refractivity contribution in [1.29, 1.82) is 0 Å². The van der Waals surface area contributed by atoms with E-state index in [9.17, 15) is 0 Å². The molecule has 0 atom stereocenters. The summed E-state index contributed by atoms with van der Waals surface area (Å²) in [6.07, 6.45) is 2.21. The summed E-state index contributed by atoms with van der Waals surface area (Å²) in [4.78, 5) is 4.71. The predicted octanol–water partition coefficient (Wildman–Crippen LogP) is 3.47. The summed E-state index contributed by atoms with van der Waals surface area (Å²) in [5.41, 5.74) is 4.58. The van der Waals surface area contributed by atoms with Crippen molar-refractivity contribution in [2.24, 2.45) is 12.0 Å². The Balaban J connectivity index is 1.99. The first-order chi connectivity index (χ1) is 13.0. The highest BCUT2D eigenvalue weighted by molar-refractivity contribution is 5.79. The first kappa shape index (κ1) is 20.8. The van der Waals surface area contributed by atoms with Crippen molar-refractivity contribution in [3.63, 3.8) is 0 Å². The number of benzene rings is 1. The van der Waals surface area contributed by atoms with E-state index in [1.807, 2.05) is 30.8 Å². The van der Waals surface area contributed by atoms with Gasteiger partial charge in [0.15, 0.2) is 5.96 Å². The molecule has 2 rings (SSSR count). The van der Waals surface area contributed by atoms with Crippen molar-refractivity contribution in [3.05, 3.63) is 46.8 Å². The summed E-state index contributed by atoms with van der Waals surface area (Å²) in [7, 11) is 1.97. The number of hydrogen-bond donors (Lipinski definition) is 2. The molecule has 0 amide bonds. The van der Waals surface area contributed by atoms with Gasteiger partial charge in [-0.2, -0.15) is 5.10 Å². The standard InChI is InChI=1S/C21H33N5O/c1-6-8-12-27-19-11-9-10-18(13-19)14-23-21(22-7-2)24-15-20-16(3)25-26(5)17(20)4/h9-11,13H,6-8,12,14-15H2,1-5H3,(H2,22,23,24). The molecule has 1 aromatic heterocycles. The minimum Gasteiger partial charge on any atom is -0.494 e. The number of nitrogens with one attached hydrogen (secondary N) is 2. The Labute approximate surface area is 163 Å². The van der Waals surface area contributed by atoms with Gasteiger partial charge in [-0.1, -0.05) is 25.5 Å². The second kappa shape index (κ2) is 10.6. The van der Waals surface area contributed by atoms with E-state index in [2.05, 4.69) is 48.6 Å². The molecular weight excluding hydrogens is 338 g/mol. The second-order valence-electron chi connectivity index (χ2n) is 6.67. The molecule has 0 spiro atoms. The first-order valence-electron chi connectivity index (χ1n) is 9.78. The highest BCUT2D eigenvalue weighted by Gasteiger charge is 2.09. The molecular formula is C21H33N5O. The molecule has 148 valence electrons. The van der Waals surface area contributed by atoms with Crippen molar-refractivity contribution in [3.8, 4) is 5.75 Å². The molecule has 2 N–H and O–H groups in total. The molecule has 1 heterocycles. The van der Waals surface area contributed by atoms with Crippen molar-refractivity contribution < 1.29 is 4.74 Å². The number of unbranched alkanes of at least 4 members (excludes halogenated alkanes) is 1. The van der Waals surface area contributed by atoms with Gasteiger partial charge in [0.1, 0.15) is 5.75 Å². The number of ether oxygens (including phenoxy) is 1. The number of hydrogen-bond acceptors (Lipinski definition) is 3. The van der Waals surface area contributed by atoms with Gasteiger partial charge in [-0.3, -0.25) is 4.68 Å². The zero-order valence-corrected chi connectivity index (χ0v) is 17.3. The molecule has 6 heteroatoms. The fourth-order valence-corrected chi connectivity index (χ4v) is 2.83. The van der Waals surface area contributed by atoms with E-state index >= 15 is 0 Å². The molecule has 6 nitrogen and oxygen atoms in total. The van der Waals surface area contributed by atoms with Crippen LogP contribution in [0.5, 0.6) is 5.75 Å². The van der Waals surface area contributed by atoms with Crippen LogP contribution in [0, 0.1) is 13.8 Å². The van der Waals surface area contributed by atoms with Crippen LogP contribution in [0.3, 0.4) is 0 Å². The Bertz CT molecular complexity index is 751. The zero-order valence-electron chi connectivity index (χ0n) is 17.3. The van der Waals surface area contributed by atoms with Crippen LogP contribution in [-0.2, 0) is 20.1 Å². The van der Waals surface area contributed by atoms with Gasteiger partial charge in [0, 0.05) is 31.4 Å². The molecule has 0 aliphatic rings. The van der Waals surface area contributed by atoms with Crippen LogP contribution in [0.2, 0.25) is 0 Å². The highest BCUT2D eigenvalue weighted by Crippen LogP contribution is 2.15. The summed E-state index contributed by atoms with van der Waals surface area (Å²) in [5, 5.41) is 11.2. The van der Waals surface area contributed by atoms with E-state index in [1.165, 1.54) is 11.3 Å². The van der Waals surface area contributed by atoms with E-state index in [1.54, 1.807) is 0 Å². The summed E-state index contributed by atoms with van der Waals surface area (Å²) >= 11 is 0. The maximum Gasteiger partial charge on any atom is 0.191 e. The summed E-state index contributed by atoms with van der Waals surface area (Å²) < 4.78 is 7.70. The number of nitrogens with zero attached hydrogens (tertiary/aromatic N) is 3. The number of rotatable bonds is 9. The average molecular weight is 372 g/mol. The quantitative estimate of drug-likeness (QED) is 0.402. The van der Waals surface area contributed by atoms with Crippen LogP contribution in [0.25, 0.3) is 0 Å². The smallest absolute Gasteiger partial charge is 0.191 e. The van der Waals surface area contributed by atoms with E-state index in [0.717, 1.165) is 49.0 Å². The molecule has 0 radical (unpaired) electrons. The number of guanidine groups is 1.